The number of nitriles is 1. The molecule has 78 valence electrons. The van der Waals surface area contributed by atoms with Crippen LogP contribution in [0.1, 0.15) is 21.7 Å². The Kier molecular flexibility index (Phi) is 2.79. The number of hydrogen-bond acceptors (Lipinski definition) is 3. The van der Waals surface area contributed by atoms with Gasteiger partial charge in [0.25, 0.3) is 0 Å². The smallest absolute Gasteiger partial charge is 0.171 e. The van der Waals surface area contributed by atoms with Gasteiger partial charge in [-0.3, -0.25) is 4.79 Å². The fourth-order valence-electron chi connectivity index (χ4n) is 1.47. The summed E-state index contributed by atoms with van der Waals surface area (Å²) in [5.74, 6) is 0.504. The highest BCUT2D eigenvalue weighted by atomic mass is 16.1. The number of carbonyl (C=O) groups excluding carboxylic acids is 1. The first-order valence-corrected chi connectivity index (χ1v) is 4.82. The molecular weight excluding hydrogens is 202 g/mol. The molecule has 0 fully saturated rings. The summed E-state index contributed by atoms with van der Waals surface area (Å²) in [7, 11) is 0. The Morgan fingerprint density at radius 2 is 2.25 bits per heavy atom. The average Bonchev–Trinajstić information content (AvgIpc) is 2.81. The SMILES string of the molecule is N#Cc1ccccc1C(=O)Cc1ncc[nH]1. The number of aromatic amines is 1. The van der Waals surface area contributed by atoms with Crippen molar-refractivity contribution in [3.63, 3.8) is 0 Å². The van der Waals surface area contributed by atoms with E-state index < -0.39 is 0 Å². The van der Waals surface area contributed by atoms with E-state index in [0.717, 1.165) is 0 Å². The molecular formula is C12H9N3O. The number of imidazole rings is 1. The van der Waals surface area contributed by atoms with E-state index in [9.17, 15) is 4.79 Å². The van der Waals surface area contributed by atoms with E-state index in [1.807, 2.05) is 6.07 Å². The van der Waals surface area contributed by atoms with Crippen LogP contribution in [0.3, 0.4) is 0 Å². The number of aromatic nitrogens is 2. The van der Waals surface area contributed by atoms with Crippen LogP contribution in [-0.4, -0.2) is 15.8 Å². The second-order valence-corrected chi connectivity index (χ2v) is 3.29. The second kappa shape index (κ2) is 4.41. The highest BCUT2D eigenvalue weighted by Gasteiger charge is 2.12. The maximum absolute atomic E-state index is 11.9. The summed E-state index contributed by atoms with van der Waals surface area (Å²) in [6, 6.07) is 8.78. The first kappa shape index (κ1) is 10.1. The topological polar surface area (TPSA) is 69.5 Å². The molecule has 16 heavy (non-hydrogen) atoms. The minimum absolute atomic E-state index is 0.105. The summed E-state index contributed by atoms with van der Waals surface area (Å²) >= 11 is 0. The molecule has 0 aliphatic carbocycles. The number of H-pyrrole nitrogens is 1. The van der Waals surface area contributed by atoms with E-state index in [1.54, 1.807) is 36.7 Å². The van der Waals surface area contributed by atoms with Crippen molar-refractivity contribution < 1.29 is 4.79 Å². The number of rotatable bonds is 3. The van der Waals surface area contributed by atoms with Crippen LogP contribution in [0.5, 0.6) is 0 Å². The van der Waals surface area contributed by atoms with Crippen LogP contribution in [0, 0.1) is 11.3 Å². The Morgan fingerprint density at radius 3 is 2.94 bits per heavy atom. The van der Waals surface area contributed by atoms with Gasteiger partial charge in [-0.15, -0.1) is 0 Å². The number of carbonyl (C=O) groups is 1. The fourth-order valence-corrected chi connectivity index (χ4v) is 1.47. The molecule has 2 rings (SSSR count). The Hall–Kier alpha value is -2.41. The summed E-state index contributed by atoms with van der Waals surface area (Å²) in [4.78, 5) is 18.7. The normalized spacial score (nSPS) is 9.69. The molecule has 4 nitrogen and oxygen atoms in total. The summed E-state index contributed by atoms with van der Waals surface area (Å²) in [5, 5.41) is 8.87. The van der Waals surface area contributed by atoms with Crippen LogP contribution in [0.25, 0.3) is 0 Å². The molecule has 0 aliphatic heterocycles. The second-order valence-electron chi connectivity index (χ2n) is 3.29. The van der Waals surface area contributed by atoms with Crippen LogP contribution in [0.15, 0.2) is 36.7 Å². The van der Waals surface area contributed by atoms with Crippen molar-refractivity contribution in [1.82, 2.24) is 9.97 Å². The Balaban J connectivity index is 2.25. The molecule has 0 atom stereocenters. The van der Waals surface area contributed by atoms with Gasteiger partial charge >= 0.3 is 0 Å². The van der Waals surface area contributed by atoms with Crippen molar-refractivity contribution in [3.8, 4) is 6.07 Å². The van der Waals surface area contributed by atoms with E-state index in [2.05, 4.69) is 9.97 Å². The predicted octanol–water partition coefficient (Wildman–Crippen LogP) is 1.71. The average molecular weight is 211 g/mol. The van der Waals surface area contributed by atoms with Crippen molar-refractivity contribution in [2.45, 2.75) is 6.42 Å². The molecule has 4 heteroatoms. The first-order valence-electron chi connectivity index (χ1n) is 4.82. The first-order chi connectivity index (χ1) is 7.81. The molecule has 1 aromatic heterocycles. The van der Waals surface area contributed by atoms with Gasteiger partial charge in [-0.05, 0) is 6.07 Å². The van der Waals surface area contributed by atoms with Crippen LogP contribution in [-0.2, 0) is 6.42 Å². The maximum Gasteiger partial charge on any atom is 0.171 e. The molecule has 1 N–H and O–H groups in total. The van der Waals surface area contributed by atoms with Crippen molar-refractivity contribution in [1.29, 1.82) is 5.26 Å². The van der Waals surface area contributed by atoms with Gasteiger partial charge in [-0.2, -0.15) is 5.26 Å². The van der Waals surface area contributed by atoms with E-state index >= 15 is 0 Å². The molecule has 0 bridgehead atoms. The van der Waals surface area contributed by atoms with Gasteiger partial charge < -0.3 is 4.98 Å². The highest BCUT2D eigenvalue weighted by Crippen LogP contribution is 2.10. The minimum Gasteiger partial charge on any atom is -0.348 e. The van der Waals surface area contributed by atoms with Gasteiger partial charge in [0.15, 0.2) is 5.78 Å². The lowest BCUT2D eigenvalue weighted by Gasteiger charge is -2.00. The van der Waals surface area contributed by atoms with Gasteiger partial charge in [0.05, 0.1) is 18.1 Å². The molecule has 0 unspecified atom stereocenters. The van der Waals surface area contributed by atoms with Crippen LogP contribution in [0.4, 0.5) is 0 Å². The third-order valence-electron chi connectivity index (χ3n) is 2.23. The summed E-state index contributed by atoms with van der Waals surface area (Å²) in [6.45, 7) is 0. The molecule has 0 radical (unpaired) electrons. The Bertz CT molecular complexity index is 538. The molecule has 0 spiro atoms. The largest absolute Gasteiger partial charge is 0.348 e. The van der Waals surface area contributed by atoms with Crippen LogP contribution < -0.4 is 0 Å². The van der Waals surface area contributed by atoms with Gasteiger partial charge in [-0.1, -0.05) is 18.2 Å². The van der Waals surface area contributed by atoms with Gasteiger partial charge in [0, 0.05) is 18.0 Å². The summed E-state index contributed by atoms with van der Waals surface area (Å²) in [5.41, 5.74) is 0.848. The van der Waals surface area contributed by atoms with E-state index in [0.29, 0.717) is 17.0 Å². The number of Topliss-reactive ketones (excluding diaryl/α,β-unsaturated/α-hetero) is 1. The van der Waals surface area contributed by atoms with Crippen molar-refractivity contribution >= 4 is 5.78 Å². The third-order valence-corrected chi connectivity index (χ3v) is 2.23. The molecule has 1 aromatic carbocycles. The number of ketones is 1. The van der Waals surface area contributed by atoms with E-state index in [1.165, 1.54) is 0 Å². The molecule has 0 saturated carbocycles. The zero-order chi connectivity index (χ0) is 11.4. The minimum atomic E-state index is -0.105. The van der Waals surface area contributed by atoms with Crippen molar-refractivity contribution in [2.75, 3.05) is 0 Å². The Labute approximate surface area is 92.6 Å². The van der Waals surface area contributed by atoms with Crippen LogP contribution in [0.2, 0.25) is 0 Å². The lowest BCUT2D eigenvalue weighted by Crippen LogP contribution is -2.06. The summed E-state index contributed by atoms with van der Waals surface area (Å²) in [6.07, 6.45) is 3.45. The Morgan fingerprint density at radius 1 is 1.44 bits per heavy atom. The lowest BCUT2D eigenvalue weighted by atomic mass is 10.0. The molecule has 1 heterocycles. The van der Waals surface area contributed by atoms with E-state index in [-0.39, 0.29) is 12.2 Å². The molecule has 0 saturated heterocycles. The highest BCUT2D eigenvalue weighted by molar-refractivity contribution is 5.99. The van der Waals surface area contributed by atoms with Gasteiger partial charge in [0.1, 0.15) is 5.82 Å². The van der Waals surface area contributed by atoms with Gasteiger partial charge in [0.2, 0.25) is 0 Å². The number of nitrogens with zero attached hydrogens (tertiary/aromatic N) is 2. The number of hydrogen-bond donors (Lipinski definition) is 1. The fraction of sp³-hybridized carbons (Fsp3) is 0.0833. The molecule has 0 aliphatic rings. The standard InChI is InChI=1S/C12H9N3O/c13-8-9-3-1-2-4-10(9)11(16)7-12-14-5-6-15-12/h1-6H,7H2,(H,14,15). The molecule has 2 aromatic rings. The van der Waals surface area contributed by atoms with Crippen molar-refractivity contribution in [3.05, 3.63) is 53.6 Å². The van der Waals surface area contributed by atoms with Gasteiger partial charge in [-0.25, -0.2) is 4.98 Å². The quantitative estimate of drug-likeness (QED) is 0.785. The number of benzene rings is 1. The zero-order valence-corrected chi connectivity index (χ0v) is 8.47. The monoisotopic (exact) mass is 211 g/mol. The number of nitrogens with one attached hydrogen (secondary N) is 1. The third kappa shape index (κ3) is 1.98. The lowest BCUT2D eigenvalue weighted by molar-refractivity contribution is 0.0991. The predicted molar refractivity (Wildman–Crippen MR) is 57.8 cm³/mol. The van der Waals surface area contributed by atoms with Crippen LogP contribution >= 0.6 is 0 Å². The zero-order valence-electron chi connectivity index (χ0n) is 8.47. The summed E-state index contributed by atoms with van der Waals surface area (Å²) < 4.78 is 0. The van der Waals surface area contributed by atoms with Crippen molar-refractivity contribution in [2.24, 2.45) is 0 Å². The maximum atomic E-state index is 11.9. The molecule has 0 amide bonds. The van der Waals surface area contributed by atoms with E-state index in [4.69, 9.17) is 5.26 Å².